The van der Waals surface area contributed by atoms with Gasteiger partial charge in [0.05, 0.1) is 6.67 Å². The number of hydrogen-bond acceptors (Lipinski definition) is 2. The highest BCUT2D eigenvalue weighted by atomic mass is 19.1. The van der Waals surface area contributed by atoms with Crippen molar-refractivity contribution < 1.29 is 9.18 Å². The molecule has 3 heteroatoms. The number of benzene rings is 1. The van der Waals surface area contributed by atoms with Crippen molar-refractivity contribution in [3.8, 4) is 0 Å². The van der Waals surface area contributed by atoms with Gasteiger partial charge in [-0.05, 0) is 105 Å². The molecule has 3 aliphatic heterocycles. The van der Waals surface area contributed by atoms with Crippen LogP contribution in [-0.2, 0) is 10.2 Å². The molecule has 3 saturated heterocycles. The molecule has 0 N–H and O–H groups in total. The minimum Gasteiger partial charge on any atom is -0.303 e. The second-order valence-electron chi connectivity index (χ2n) is 11.9. The SMILES string of the molecule is O=C(C[C@@H]1CN2CCC1CC2)C12CC3C[C@](CCF)(C1)C[C@@](c1ccccc1)(C3)C2. The summed E-state index contributed by atoms with van der Waals surface area (Å²) in [6.07, 6.45) is 10.5. The van der Waals surface area contributed by atoms with Crippen LogP contribution in [0.5, 0.6) is 0 Å². The Morgan fingerprint density at radius 3 is 2.53 bits per heavy atom. The van der Waals surface area contributed by atoms with Crippen LogP contribution >= 0.6 is 0 Å². The van der Waals surface area contributed by atoms with E-state index in [0.717, 1.165) is 51.0 Å². The molecule has 3 heterocycles. The summed E-state index contributed by atoms with van der Waals surface area (Å²) in [6, 6.07) is 11.0. The number of alkyl halides is 1. The lowest BCUT2D eigenvalue weighted by Gasteiger charge is -2.66. The maximum atomic E-state index is 14.0. The first-order valence-electron chi connectivity index (χ1n) is 12.4. The number of carbonyl (C=O) groups excluding carboxylic acids is 1. The van der Waals surface area contributed by atoms with Crippen LogP contribution in [0.25, 0.3) is 0 Å². The monoisotopic (exact) mass is 409 g/mol. The number of ketones is 1. The van der Waals surface area contributed by atoms with Crippen LogP contribution in [0.1, 0.15) is 69.8 Å². The van der Waals surface area contributed by atoms with Crippen LogP contribution in [0.2, 0.25) is 0 Å². The van der Waals surface area contributed by atoms with Gasteiger partial charge in [0.2, 0.25) is 0 Å². The first-order chi connectivity index (χ1) is 14.5. The van der Waals surface area contributed by atoms with E-state index in [-0.39, 0.29) is 22.9 Å². The van der Waals surface area contributed by atoms with E-state index in [2.05, 4.69) is 35.2 Å². The predicted octanol–water partition coefficient (Wildman–Crippen LogP) is 5.56. The lowest BCUT2D eigenvalue weighted by molar-refractivity contribution is -0.164. The number of nitrogens with zero attached hydrogens (tertiary/aromatic N) is 1. The first kappa shape index (κ1) is 19.5. The van der Waals surface area contributed by atoms with Gasteiger partial charge in [-0.25, -0.2) is 0 Å². The smallest absolute Gasteiger partial charge is 0.139 e. The second-order valence-corrected chi connectivity index (χ2v) is 11.9. The fraction of sp³-hybridized carbons (Fsp3) is 0.741. The van der Waals surface area contributed by atoms with E-state index in [4.69, 9.17) is 0 Å². The van der Waals surface area contributed by atoms with Crippen molar-refractivity contribution in [2.45, 2.75) is 69.6 Å². The Bertz CT molecular complexity index is 817. The van der Waals surface area contributed by atoms with Gasteiger partial charge >= 0.3 is 0 Å². The Hall–Kier alpha value is -1.22. The Morgan fingerprint density at radius 1 is 1.03 bits per heavy atom. The van der Waals surface area contributed by atoms with E-state index in [0.29, 0.717) is 24.0 Å². The van der Waals surface area contributed by atoms with Gasteiger partial charge in [0.15, 0.2) is 0 Å². The van der Waals surface area contributed by atoms with Crippen molar-refractivity contribution in [1.82, 2.24) is 4.90 Å². The van der Waals surface area contributed by atoms with Crippen molar-refractivity contribution in [3.63, 3.8) is 0 Å². The minimum atomic E-state index is -0.235. The Labute approximate surface area is 180 Å². The lowest BCUT2D eigenvalue weighted by Crippen LogP contribution is -2.61. The molecule has 2 nitrogen and oxygen atoms in total. The molecule has 4 saturated carbocycles. The first-order valence-corrected chi connectivity index (χ1v) is 12.4. The third kappa shape index (κ3) is 2.94. The van der Waals surface area contributed by atoms with Crippen molar-refractivity contribution in [2.24, 2.45) is 28.6 Å². The Kier molecular flexibility index (Phi) is 4.47. The summed E-state index contributed by atoms with van der Waals surface area (Å²) in [5, 5.41) is 0. The van der Waals surface area contributed by atoms with Gasteiger partial charge in [0.25, 0.3) is 0 Å². The number of fused-ring (bicyclic) bond motifs is 3. The molecule has 7 fully saturated rings. The van der Waals surface area contributed by atoms with E-state index in [1.54, 1.807) is 0 Å². The summed E-state index contributed by atoms with van der Waals surface area (Å²) in [6.45, 7) is 3.37. The van der Waals surface area contributed by atoms with Crippen LogP contribution in [-0.4, -0.2) is 37.0 Å². The molecule has 1 aromatic rings. The largest absolute Gasteiger partial charge is 0.303 e. The van der Waals surface area contributed by atoms with Crippen LogP contribution in [0.3, 0.4) is 0 Å². The van der Waals surface area contributed by atoms with E-state index >= 15 is 0 Å². The summed E-state index contributed by atoms with van der Waals surface area (Å²) in [7, 11) is 0. The average molecular weight is 410 g/mol. The maximum absolute atomic E-state index is 14.0. The normalized spacial score (nSPS) is 46.3. The number of halogens is 1. The van der Waals surface area contributed by atoms with Crippen molar-refractivity contribution >= 4 is 5.78 Å². The third-order valence-corrected chi connectivity index (χ3v) is 10.0. The molecule has 162 valence electrons. The molecule has 8 rings (SSSR count). The van der Waals surface area contributed by atoms with Gasteiger partial charge < -0.3 is 4.90 Å². The molecule has 0 amide bonds. The summed E-state index contributed by atoms with van der Waals surface area (Å²) < 4.78 is 13.7. The van der Waals surface area contributed by atoms with E-state index in [1.165, 1.54) is 37.9 Å². The minimum absolute atomic E-state index is 0.0503. The molecule has 0 aromatic heterocycles. The molecule has 2 unspecified atom stereocenters. The fourth-order valence-electron chi connectivity index (χ4n) is 9.32. The number of Topliss-reactive ketones (excluding diaryl/α,β-unsaturated/α-hetero) is 1. The van der Waals surface area contributed by atoms with Crippen LogP contribution < -0.4 is 0 Å². The van der Waals surface area contributed by atoms with Gasteiger partial charge in [0.1, 0.15) is 5.78 Å². The number of carbonyl (C=O) groups is 1. The highest BCUT2D eigenvalue weighted by molar-refractivity contribution is 5.86. The van der Waals surface area contributed by atoms with Crippen LogP contribution in [0.4, 0.5) is 4.39 Å². The van der Waals surface area contributed by atoms with Crippen LogP contribution in [0.15, 0.2) is 30.3 Å². The molecule has 1 aromatic carbocycles. The van der Waals surface area contributed by atoms with Crippen molar-refractivity contribution in [2.75, 3.05) is 26.3 Å². The average Bonchev–Trinajstić information content (AvgIpc) is 2.74. The summed E-state index contributed by atoms with van der Waals surface area (Å²) >= 11 is 0. The van der Waals surface area contributed by atoms with Crippen molar-refractivity contribution in [1.29, 1.82) is 0 Å². The quantitative estimate of drug-likeness (QED) is 0.613. The highest BCUT2D eigenvalue weighted by Gasteiger charge is 2.65. The summed E-state index contributed by atoms with van der Waals surface area (Å²) in [4.78, 5) is 16.6. The maximum Gasteiger partial charge on any atom is 0.139 e. The van der Waals surface area contributed by atoms with Gasteiger partial charge in [-0.1, -0.05) is 30.3 Å². The summed E-state index contributed by atoms with van der Waals surface area (Å²) in [5.41, 5.74) is 1.38. The molecular formula is C27H36FNO. The molecule has 0 spiro atoms. The zero-order valence-corrected chi connectivity index (χ0v) is 18.3. The number of hydrogen-bond donors (Lipinski definition) is 0. The number of rotatable bonds is 6. The van der Waals surface area contributed by atoms with Crippen LogP contribution in [0, 0.1) is 28.6 Å². The third-order valence-electron chi connectivity index (χ3n) is 10.0. The molecule has 30 heavy (non-hydrogen) atoms. The van der Waals surface area contributed by atoms with Gasteiger partial charge in [0, 0.05) is 18.4 Å². The molecule has 0 radical (unpaired) electrons. The molecule has 6 bridgehead atoms. The van der Waals surface area contributed by atoms with Gasteiger partial charge in [-0.3, -0.25) is 9.18 Å². The zero-order chi connectivity index (χ0) is 20.4. The standard InChI is InChI=1S/C27H36FNO/c28-9-8-25-13-20-14-26(17-25,23-4-2-1-3-5-23)19-27(15-20,18-25)24(30)12-22-16-29-10-6-21(22)7-11-29/h1-5,20-22H,6-19H2/t20?,22-,25+,26+,27?/m1/s1. The highest BCUT2D eigenvalue weighted by Crippen LogP contribution is 2.71. The zero-order valence-electron chi connectivity index (χ0n) is 18.3. The topological polar surface area (TPSA) is 20.3 Å². The molecular weight excluding hydrogens is 373 g/mol. The van der Waals surface area contributed by atoms with Crippen molar-refractivity contribution in [3.05, 3.63) is 35.9 Å². The summed E-state index contributed by atoms with van der Waals surface area (Å²) in [5.74, 6) is 2.48. The van der Waals surface area contributed by atoms with E-state index in [1.807, 2.05) is 0 Å². The predicted molar refractivity (Wildman–Crippen MR) is 117 cm³/mol. The molecule has 4 aliphatic carbocycles. The second kappa shape index (κ2) is 6.89. The molecule has 5 atom stereocenters. The van der Waals surface area contributed by atoms with E-state index in [9.17, 15) is 9.18 Å². The van der Waals surface area contributed by atoms with Gasteiger partial charge in [-0.2, -0.15) is 0 Å². The lowest BCUT2D eigenvalue weighted by atomic mass is 9.37. The number of piperidine rings is 3. The molecule has 7 aliphatic rings. The Balaban J connectivity index is 1.33. The Morgan fingerprint density at radius 2 is 1.83 bits per heavy atom. The van der Waals surface area contributed by atoms with Gasteiger partial charge in [-0.15, -0.1) is 0 Å². The fourth-order valence-corrected chi connectivity index (χ4v) is 9.32. The van der Waals surface area contributed by atoms with E-state index < -0.39 is 0 Å².